The third-order valence-electron chi connectivity index (χ3n) is 3.61. The van der Waals surface area contributed by atoms with Gasteiger partial charge in [-0.15, -0.1) is 22.0 Å². The number of amides is 1. The summed E-state index contributed by atoms with van der Waals surface area (Å²) in [6.07, 6.45) is 0. The number of nitrogens with two attached hydrogens (primary N) is 1. The van der Waals surface area contributed by atoms with Crippen LogP contribution >= 0.6 is 34.9 Å². The molecule has 0 aliphatic carbocycles. The maximum absolute atomic E-state index is 12.5. The molecule has 1 fully saturated rings. The second kappa shape index (κ2) is 7.94. The van der Waals surface area contributed by atoms with Gasteiger partial charge in [-0.3, -0.25) is 14.5 Å². The number of hydrogen-bond donors (Lipinski definition) is 1. The van der Waals surface area contributed by atoms with E-state index in [4.69, 9.17) is 10.5 Å². The van der Waals surface area contributed by atoms with Gasteiger partial charge in [0.05, 0.1) is 0 Å². The van der Waals surface area contributed by atoms with Gasteiger partial charge in [-0.05, 0) is 12.5 Å². The van der Waals surface area contributed by atoms with Crippen molar-refractivity contribution >= 4 is 52.7 Å². The summed E-state index contributed by atoms with van der Waals surface area (Å²) >= 11 is 4.40. The number of carbonyl (C=O) groups is 3. The van der Waals surface area contributed by atoms with Gasteiger partial charge in [0.2, 0.25) is 12.7 Å². The molecule has 1 aromatic rings. The van der Waals surface area contributed by atoms with E-state index in [-0.39, 0.29) is 17.0 Å². The highest BCUT2D eigenvalue weighted by atomic mass is 32.2. The molecule has 140 valence electrons. The van der Waals surface area contributed by atoms with Crippen LogP contribution < -0.4 is 5.73 Å². The minimum absolute atomic E-state index is 0.182. The Bertz CT molecular complexity index is 780. The molecule has 2 aliphatic rings. The zero-order valence-corrected chi connectivity index (χ0v) is 16.4. The van der Waals surface area contributed by atoms with Gasteiger partial charge in [-0.25, -0.2) is 4.79 Å². The molecule has 2 N–H and O–H groups in total. The van der Waals surface area contributed by atoms with E-state index in [9.17, 15) is 14.4 Å². The highest BCUT2D eigenvalue weighted by molar-refractivity contribution is 8.01. The van der Waals surface area contributed by atoms with Gasteiger partial charge in [-0.2, -0.15) is 0 Å². The minimum atomic E-state index is -0.708. The van der Waals surface area contributed by atoms with Crippen molar-refractivity contribution in [2.75, 3.05) is 18.3 Å². The first-order chi connectivity index (χ1) is 12.4. The van der Waals surface area contributed by atoms with Crippen molar-refractivity contribution in [3.05, 3.63) is 16.3 Å². The third kappa shape index (κ3) is 3.87. The minimum Gasteiger partial charge on any atom is -0.428 e. The molecule has 3 rings (SSSR count). The van der Waals surface area contributed by atoms with Gasteiger partial charge in [-0.1, -0.05) is 23.1 Å². The second-order valence-electron chi connectivity index (χ2n) is 5.45. The van der Waals surface area contributed by atoms with Gasteiger partial charge in [0.25, 0.3) is 0 Å². The predicted octanol–water partition coefficient (Wildman–Crippen LogP) is 0.499. The van der Waals surface area contributed by atoms with Crippen molar-refractivity contribution < 1.29 is 23.9 Å². The number of aromatic nitrogens is 2. The van der Waals surface area contributed by atoms with Crippen LogP contribution in [-0.4, -0.2) is 62.7 Å². The Labute approximate surface area is 161 Å². The van der Waals surface area contributed by atoms with Gasteiger partial charge in [0, 0.05) is 18.4 Å². The Balaban J connectivity index is 1.77. The number of thioether (sulfide) groups is 2. The van der Waals surface area contributed by atoms with Crippen molar-refractivity contribution in [1.29, 1.82) is 0 Å². The number of fused-ring (bicyclic) bond motifs is 1. The SMILES string of the molecule is CC(=O)OCOC(=O)C1=C(CSc2nnc(C)s2)CS[C@H]2C(N)C(=O)N12. The van der Waals surface area contributed by atoms with Crippen LogP contribution in [0.2, 0.25) is 0 Å². The van der Waals surface area contributed by atoms with Crippen LogP contribution in [0.4, 0.5) is 0 Å². The number of hydrogen-bond acceptors (Lipinski definition) is 11. The molecule has 2 aliphatic heterocycles. The number of carbonyl (C=O) groups excluding carboxylic acids is 3. The van der Waals surface area contributed by atoms with E-state index in [0.717, 1.165) is 14.9 Å². The number of esters is 2. The van der Waals surface area contributed by atoms with Crippen LogP contribution in [0.3, 0.4) is 0 Å². The van der Waals surface area contributed by atoms with Crippen LogP contribution in [0.15, 0.2) is 15.6 Å². The highest BCUT2D eigenvalue weighted by Gasteiger charge is 2.52. The lowest BCUT2D eigenvalue weighted by atomic mass is 10.0. The maximum atomic E-state index is 12.5. The molecule has 0 spiro atoms. The molecule has 12 heteroatoms. The molecule has 3 heterocycles. The van der Waals surface area contributed by atoms with Crippen LogP contribution in [-0.2, 0) is 23.9 Å². The summed E-state index contributed by atoms with van der Waals surface area (Å²) in [6, 6.07) is -0.628. The summed E-state index contributed by atoms with van der Waals surface area (Å²) in [4.78, 5) is 36.8. The predicted molar refractivity (Wildman–Crippen MR) is 96.2 cm³/mol. The van der Waals surface area contributed by atoms with E-state index in [0.29, 0.717) is 11.5 Å². The Morgan fingerprint density at radius 1 is 1.38 bits per heavy atom. The fourth-order valence-corrected chi connectivity index (χ4v) is 5.65. The van der Waals surface area contributed by atoms with E-state index < -0.39 is 24.8 Å². The summed E-state index contributed by atoms with van der Waals surface area (Å²) < 4.78 is 10.4. The molecule has 0 bridgehead atoms. The summed E-state index contributed by atoms with van der Waals surface area (Å²) in [5.74, 6) is -0.582. The number of nitrogens with zero attached hydrogens (tertiary/aromatic N) is 3. The molecular formula is C14H16N4O5S3. The molecule has 9 nitrogen and oxygen atoms in total. The van der Waals surface area contributed by atoms with Crippen LogP contribution in [0.25, 0.3) is 0 Å². The van der Waals surface area contributed by atoms with Crippen molar-refractivity contribution in [3.8, 4) is 0 Å². The molecule has 0 aromatic carbocycles. The summed E-state index contributed by atoms with van der Waals surface area (Å²) in [5, 5.41) is 8.57. The summed E-state index contributed by atoms with van der Waals surface area (Å²) in [6.45, 7) is 2.57. The Morgan fingerprint density at radius 2 is 2.15 bits per heavy atom. The lowest BCUT2D eigenvalue weighted by Gasteiger charge is -2.48. The van der Waals surface area contributed by atoms with E-state index in [2.05, 4.69) is 14.9 Å². The van der Waals surface area contributed by atoms with E-state index in [1.165, 1.54) is 46.7 Å². The fourth-order valence-electron chi connectivity index (χ4n) is 2.40. The Morgan fingerprint density at radius 3 is 2.81 bits per heavy atom. The van der Waals surface area contributed by atoms with E-state index >= 15 is 0 Å². The molecule has 0 saturated carbocycles. The number of rotatable bonds is 6. The first-order valence-corrected chi connectivity index (χ1v) is 10.4. The highest BCUT2D eigenvalue weighted by Crippen LogP contribution is 2.41. The number of ether oxygens (including phenoxy) is 2. The Hall–Kier alpha value is -1.63. The molecule has 1 amide bonds. The maximum Gasteiger partial charge on any atom is 0.357 e. The quantitative estimate of drug-likeness (QED) is 0.303. The van der Waals surface area contributed by atoms with Crippen LogP contribution in [0.5, 0.6) is 0 Å². The molecular weight excluding hydrogens is 400 g/mol. The average molecular weight is 417 g/mol. The Kier molecular flexibility index (Phi) is 5.85. The summed E-state index contributed by atoms with van der Waals surface area (Å²) in [5.41, 5.74) is 6.74. The smallest absolute Gasteiger partial charge is 0.357 e. The van der Waals surface area contributed by atoms with Crippen molar-refractivity contribution in [3.63, 3.8) is 0 Å². The number of aryl methyl sites for hydroxylation is 1. The van der Waals surface area contributed by atoms with Crippen molar-refractivity contribution in [2.45, 2.75) is 29.6 Å². The number of β-lactam (4-membered cyclic amide) rings is 1. The summed E-state index contributed by atoms with van der Waals surface area (Å²) in [7, 11) is 0. The zero-order chi connectivity index (χ0) is 18.8. The first kappa shape index (κ1) is 19.1. The molecule has 1 saturated heterocycles. The third-order valence-corrected chi connectivity index (χ3v) is 7.03. The first-order valence-electron chi connectivity index (χ1n) is 7.54. The largest absolute Gasteiger partial charge is 0.428 e. The average Bonchev–Trinajstić information content (AvgIpc) is 3.03. The van der Waals surface area contributed by atoms with Crippen molar-refractivity contribution in [2.24, 2.45) is 5.73 Å². The topological polar surface area (TPSA) is 125 Å². The molecule has 1 unspecified atom stereocenters. The molecule has 1 aromatic heterocycles. The standard InChI is InChI=1S/C14H16N4O5S3/c1-6-16-17-14(26-6)25-4-8-3-24-12-9(15)11(20)18(12)10(8)13(21)23-5-22-7(2)19/h9,12H,3-5,15H2,1-2H3/t9?,12-/m0/s1. The van der Waals surface area contributed by atoms with E-state index in [1.54, 1.807) is 0 Å². The van der Waals surface area contributed by atoms with Crippen LogP contribution in [0.1, 0.15) is 11.9 Å². The normalized spacial score (nSPS) is 22.0. The van der Waals surface area contributed by atoms with Gasteiger partial charge >= 0.3 is 11.9 Å². The van der Waals surface area contributed by atoms with Gasteiger partial charge < -0.3 is 15.2 Å². The lowest BCUT2D eigenvalue weighted by molar-refractivity contribution is -0.166. The molecule has 0 radical (unpaired) electrons. The fraction of sp³-hybridized carbons (Fsp3) is 0.500. The van der Waals surface area contributed by atoms with Crippen LogP contribution in [0, 0.1) is 6.92 Å². The lowest BCUT2D eigenvalue weighted by Crippen LogP contribution is -2.68. The van der Waals surface area contributed by atoms with E-state index in [1.807, 2.05) is 6.92 Å². The molecule has 26 heavy (non-hydrogen) atoms. The van der Waals surface area contributed by atoms with Gasteiger partial charge in [0.15, 0.2) is 4.34 Å². The van der Waals surface area contributed by atoms with Gasteiger partial charge in [0.1, 0.15) is 22.1 Å². The second-order valence-corrected chi connectivity index (χ2v) is 8.96. The zero-order valence-electron chi connectivity index (χ0n) is 14.0. The monoisotopic (exact) mass is 416 g/mol. The van der Waals surface area contributed by atoms with Crippen molar-refractivity contribution in [1.82, 2.24) is 15.1 Å². The molecule has 2 atom stereocenters.